The van der Waals surface area contributed by atoms with Crippen molar-refractivity contribution < 1.29 is 9.53 Å². The Hall–Kier alpha value is -0.210. The van der Waals surface area contributed by atoms with Gasteiger partial charge in [0, 0.05) is 0 Å². The van der Waals surface area contributed by atoms with E-state index in [2.05, 4.69) is 34.6 Å². The molecule has 22 heavy (non-hydrogen) atoms. The lowest BCUT2D eigenvalue weighted by atomic mass is 9.75. The molecular formula is C18H28Cl2O2. The molecule has 4 heteroatoms. The van der Waals surface area contributed by atoms with Gasteiger partial charge >= 0.3 is 5.97 Å². The van der Waals surface area contributed by atoms with E-state index in [1.165, 1.54) is 6.42 Å². The van der Waals surface area contributed by atoms with Crippen molar-refractivity contribution in [3.63, 3.8) is 0 Å². The van der Waals surface area contributed by atoms with E-state index in [1.54, 1.807) is 6.08 Å². The lowest BCUT2D eigenvalue weighted by molar-refractivity contribution is -0.158. The average Bonchev–Trinajstić information content (AvgIpc) is 2.89. The van der Waals surface area contributed by atoms with Gasteiger partial charge in [-0.25, -0.2) is 0 Å². The van der Waals surface area contributed by atoms with Crippen LogP contribution in [-0.4, -0.2) is 12.1 Å². The van der Waals surface area contributed by atoms with Crippen LogP contribution in [0.3, 0.4) is 0 Å². The molecule has 0 aromatic rings. The molecule has 0 saturated heterocycles. The van der Waals surface area contributed by atoms with Crippen molar-refractivity contribution in [3.8, 4) is 0 Å². The number of ether oxygens (including phenoxy) is 1. The fourth-order valence-corrected chi connectivity index (χ4v) is 4.32. The van der Waals surface area contributed by atoms with Crippen LogP contribution in [0, 0.1) is 35.0 Å². The molecule has 5 atom stereocenters. The summed E-state index contributed by atoms with van der Waals surface area (Å²) in [5.74, 6) is 1.55. The zero-order valence-electron chi connectivity index (χ0n) is 14.2. The van der Waals surface area contributed by atoms with Crippen LogP contribution in [0.2, 0.25) is 0 Å². The van der Waals surface area contributed by atoms with Crippen LogP contribution in [-0.2, 0) is 9.53 Å². The Morgan fingerprint density at radius 3 is 2.45 bits per heavy atom. The first kappa shape index (κ1) is 18.1. The van der Waals surface area contributed by atoms with Crippen molar-refractivity contribution in [3.05, 3.63) is 10.6 Å². The minimum absolute atomic E-state index is 0.0590. The van der Waals surface area contributed by atoms with E-state index in [9.17, 15) is 4.79 Å². The largest absolute Gasteiger partial charge is 0.462 e. The van der Waals surface area contributed by atoms with Gasteiger partial charge in [0.05, 0.1) is 5.92 Å². The first-order chi connectivity index (χ1) is 10.1. The van der Waals surface area contributed by atoms with Crippen LogP contribution in [0.4, 0.5) is 0 Å². The number of esters is 1. The Kier molecular flexibility index (Phi) is 5.54. The molecular weight excluding hydrogens is 319 g/mol. The molecule has 0 bridgehead atoms. The van der Waals surface area contributed by atoms with Crippen LogP contribution in [0.25, 0.3) is 0 Å². The van der Waals surface area contributed by atoms with E-state index in [-0.39, 0.29) is 33.8 Å². The number of carbonyl (C=O) groups is 1. The third kappa shape index (κ3) is 3.82. The number of rotatable bonds is 4. The van der Waals surface area contributed by atoms with E-state index < -0.39 is 0 Å². The topological polar surface area (TPSA) is 26.3 Å². The van der Waals surface area contributed by atoms with Gasteiger partial charge in [0.25, 0.3) is 0 Å². The molecule has 126 valence electrons. The Morgan fingerprint density at radius 2 is 1.91 bits per heavy atom. The summed E-state index contributed by atoms with van der Waals surface area (Å²) in [4.78, 5) is 12.6. The number of halogens is 2. The van der Waals surface area contributed by atoms with Gasteiger partial charge in [-0.2, -0.15) is 0 Å². The summed E-state index contributed by atoms with van der Waals surface area (Å²) >= 11 is 11.5. The Balaban J connectivity index is 2.03. The number of hydrogen-bond acceptors (Lipinski definition) is 2. The number of allylic oxidation sites excluding steroid dienone is 1. The van der Waals surface area contributed by atoms with Gasteiger partial charge in [-0.1, -0.05) is 64.2 Å². The third-order valence-electron chi connectivity index (χ3n) is 5.70. The molecule has 2 saturated carbocycles. The maximum absolute atomic E-state index is 12.6. The lowest BCUT2D eigenvalue weighted by Crippen LogP contribution is -2.36. The predicted molar refractivity (Wildman–Crippen MR) is 91.8 cm³/mol. The van der Waals surface area contributed by atoms with Crippen LogP contribution in [0.1, 0.15) is 53.9 Å². The summed E-state index contributed by atoms with van der Waals surface area (Å²) in [6, 6.07) is 0. The van der Waals surface area contributed by atoms with E-state index in [0.717, 1.165) is 12.8 Å². The molecule has 0 aromatic carbocycles. The Morgan fingerprint density at radius 1 is 1.27 bits per heavy atom. The van der Waals surface area contributed by atoms with Crippen LogP contribution < -0.4 is 0 Å². The molecule has 0 radical (unpaired) electrons. The highest BCUT2D eigenvalue weighted by atomic mass is 35.5. The van der Waals surface area contributed by atoms with E-state index in [0.29, 0.717) is 17.8 Å². The van der Waals surface area contributed by atoms with Gasteiger partial charge in [-0.05, 0) is 48.0 Å². The fourth-order valence-electron chi connectivity index (χ4n) is 4.05. The molecule has 2 aliphatic rings. The van der Waals surface area contributed by atoms with Crippen molar-refractivity contribution in [1.29, 1.82) is 0 Å². The average molecular weight is 347 g/mol. The molecule has 0 aromatic heterocycles. The Labute approximate surface area is 144 Å². The monoisotopic (exact) mass is 346 g/mol. The molecule has 0 aliphatic heterocycles. The molecule has 2 nitrogen and oxygen atoms in total. The van der Waals surface area contributed by atoms with Gasteiger partial charge in [-0.15, -0.1) is 0 Å². The van der Waals surface area contributed by atoms with Crippen LogP contribution in [0.15, 0.2) is 10.6 Å². The molecule has 2 fully saturated rings. The standard InChI is InChI=1S/C18H28Cl2O2/c1-10(2)12-7-6-11(3)8-14(12)22-17(21)16-13(9-15(19)20)18(16,4)5/h9-14,16H,6-8H2,1-5H3/t11-,12+,13?,14-,16?/m0/s1. The second-order valence-corrected chi connectivity index (χ2v) is 9.09. The highest BCUT2D eigenvalue weighted by molar-refractivity contribution is 6.55. The molecule has 2 aliphatic carbocycles. The van der Waals surface area contributed by atoms with Crippen molar-refractivity contribution >= 4 is 29.2 Å². The normalized spacial score (nSPS) is 36.8. The molecule has 2 unspecified atom stereocenters. The molecule has 0 spiro atoms. The Bertz CT molecular complexity index is 452. The summed E-state index contributed by atoms with van der Waals surface area (Å²) in [5, 5.41) is 0. The highest BCUT2D eigenvalue weighted by Gasteiger charge is 2.62. The van der Waals surface area contributed by atoms with Gasteiger partial charge in [0.2, 0.25) is 0 Å². The smallest absolute Gasteiger partial charge is 0.310 e. The minimum Gasteiger partial charge on any atom is -0.462 e. The number of carbonyl (C=O) groups excluding carboxylic acids is 1. The van der Waals surface area contributed by atoms with E-state index in [1.807, 2.05) is 0 Å². The van der Waals surface area contributed by atoms with Gasteiger partial charge in [0.15, 0.2) is 0 Å². The highest BCUT2D eigenvalue weighted by Crippen LogP contribution is 2.60. The lowest BCUT2D eigenvalue weighted by Gasteiger charge is -2.36. The first-order valence-electron chi connectivity index (χ1n) is 8.37. The summed E-state index contributed by atoms with van der Waals surface area (Å²) in [7, 11) is 0. The van der Waals surface area contributed by atoms with Crippen molar-refractivity contribution in [2.75, 3.05) is 0 Å². The summed E-state index contributed by atoms with van der Waals surface area (Å²) in [6.45, 7) is 10.8. The second kappa shape index (κ2) is 6.73. The zero-order chi connectivity index (χ0) is 16.7. The van der Waals surface area contributed by atoms with Crippen molar-refractivity contribution in [2.24, 2.45) is 35.0 Å². The second-order valence-electron chi connectivity index (χ2n) is 8.08. The maximum Gasteiger partial charge on any atom is 0.310 e. The van der Waals surface area contributed by atoms with Crippen molar-refractivity contribution in [1.82, 2.24) is 0 Å². The first-order valence-corrected chi connectivity index (χ1v) is 9.13. The maximum atomic E-state index is 12.6. The summed E-state index contributed by atoms with van der Waals surface area (Å²) < 4.78 is 6.19. The van der Waals surface area contributed by atoms with Gasteiger partial charge in [0.1, 0.15) is 10.6 Å². The molecule has 0 heterocycles. The van der Waals surface area contributed by atoms with Crippen molar-refractivity contribution in [2.45, 2.75) is 60.0 Å². The molecule has 0 N–H and O–H groups in total. The predicted octanol–water partition coefficient (Wildman–Crippen LogP) is 5.58. The quantitative estimate of drug-likeness (QED) is 0.621. The number of hydrogen-bond donors (Lipinski definition) is 0. The van der Waals surface area contributed by atoms with E-state index >= 15 is 0 Å². The SMILES string of the molecule is CC(C)[C@H]1CC[C@H](C)C[C@@H]1OC(=O)C1C(C=C(Cl)Cl)C1(C)C. The van der Waals surface area contributed by atoms with E-state index in [4.69, 9.17) is 27.9 Å². The van der Waals surface area contributed by atoms with Crippen LogP contribution >= 0.6 is 23.2 Å². The fraction of sp³-hybridized carbons (Fsp3) is 0.833. The third-order valence-corrected chi connectivity index (χ3v) is 5.95. The van der Waals surface area contributed by atoms with Gasteiger partial charge in [-0.3, -0.25) is 4.79 Å². The minimum atomic E-state index is -0.120. The molecule has 0 amide bonds. The zero-order valence-corrected chi connectivity index (χ0v) is 15.7. The summed E-state index contributed by atoms with van der Waals surface area (Å²) in [6.07, 6.45) is 5.21. The summed E-state index contributed by atoms with van der Waals surface area (Å²) in [5.41, 5.74) is -0.111. The van der Waals surface area contributed by atoms with Crippen LogP contribution in [0.5, 0.6) is 0 Å². The molecule has 2 rings (SSSR count). The van der Waals surface area contributed by atoms with Gasteiger partial charge < -0.3 is 4.74 Å².